The normalized spacial score (nSPS) is 12.3. The number of nitrogens with zero attached hydrogens (tertiary/aromatic N) is 3. The van der Waals surface area contributed by atoms with Crippen molar-refractivity contribution in [2.24, 2.45) is 0 Å². The second kappa shape index (κ2) is 6.36. The van der Waals surface area contributed by atoms with Crippen molar-refractivity contribution in [3.8, 4) is 0 Å². The van der Waals surface area contributed by atoms with Crippen molar-refractivity contribution in [1.29, 1.82) is 0 Å². The molecule has 108 valence electrons. The summed E-state index contributed by atoms with van der Waals surface area (Å²) in [5.41, 5.74) is 1.93. The number of nitrogens with one attached hydrogen (secondary N) is 2. The smallest absolute Gasteiger partial charge is 0.244 e. The maximum atomic E-state index is 12.1. The first-order valence-corrected chi connectivity index (χ1v) is 6.86. The summed E-state index contributed by atoms with van der Waals surface area (Å²) >= 11 is 0. The highest BCUT2D eigenvalue weighted by molar-refractivity contribution is 5.79. The number of imidazole rings is 1. The maximum Gasteiger partial charge on any atom is 0.244 e. The van der Waals surface area contributed by atoms with Crippen molar-refractivity contribution in [1.82, 2.24) is 25.1 Å². The highest BCUT2D eigenvalue weighted by Crippen LogP contribution is 2.10. The Kier molecular flexibility index (Phi) is 4.55. The molecule has 2 aromatic heterocycles. The van der Waals surface area contributed by atoms with Gasteiger partial charge in [0, 0.05) is 31.1 Å². The molecule has 2 heterocycles. The number of carbonyl (C=O) groups is 1. The van der Waals surface area contributed by atoms with Gasteiger partial charge in [0.2, 0.25) is 5.91 Å². The van der Waals surface area contributed by atoms with E-state index in [0.717, 1.165) is 30.1 Å². The van der Waals surface area contributed by atoms with Gasteiger partial charge in [-0.05, 0) is 33.3 Å². The van der Waals surface area contributed by atoms with Gasteiger partial charge in [-0.1, -0.05) is 0 Å². The molecule has 0 unspecified atom stereocenters. The molecule has 0 saturated carbocycles. The van der Waals surface area contributed by atoms with E-state index >= 15 is 0 Å². The summed E-state index contributed by atoms with van der Waals surface area (Å²) in [4.78, 5) is 19.3. The van der Waals surface area contributed by atoms with Gasteiger partial charge in [0.25, 0.3) is 0 Å². The molecule has 0 aliphatic heterocycles. The molecule has 2 rings (SSSR count). The van der Waals surface area contributed by atoms with E-state index in [4.69, 9.17) is 0 Å². The van der Waals surface area contributed by atoms with Crippen LogP contribution < -0.4 is 5.32 Å². The van der Waals surface area contributed by atoms with Crippen LogP contribution in [-0.2, 0) is 11.2 Å². The number of aromatic amines is 1. The van der Waals surface area contributed by atoms with Gasteiger partial charge in [-0.25, -0.2) is 4.98 Å². The molecule has 1 atom stereocenters. The van der Waals surface area contributed by atoms with Crippen molar-refractivity contribution in [3.63, 3.8) is 0 Å². The van der Waals surface area contributed by atoms with Gasteiger partial charge >= 0.3 is 0 Å². The van der Waals surface area contributed by atoms with Gasteiger partial charge in [-0.15, -0.1) is 0 Å². The Morgan fingerprint density at radius 3 is 2.90 bits per heavy atom. The fourth-order valence-corrected chi connectivity index (χ4v) is 2.20. The third-order valence-corrected chi connectivity index (χ3v) is 3.24. The highest BCUT2D eigenvalue weighted by atomic mass is 16.2. The minimum absolute atomic E-state index is 0.00403. The average Bonchev–Trinajstić information content (AvgIpc) is 3.03. The third-order valence-electron chi connectivity index (χ3n) is 3.24. The molecule has 6 nitrogen and oxygen atoms in total. The van der Waals surface area contributed by atoms with Gasteiger partial charge in [-0.3, -0.25) is 9.48 Å². The molecule has 0 spiro atoms. The molecule has 6 heteroatoms. The minimum atomic E-state index is -0.285. The molecule has 0 saturated heterocycles. The van der Waals surface area contributed by atoms with E-state index in [1.165, 1.54) is 0 Å². The summed E-state index contributed by atoms with van der Waals surface area (Å²) in [5, 5.41) is 7.28. The first-order valence-electron chi connectivity index (χ1n) is 6.86. The van der Waals surface area contributed by atoms with Crippen molar-refractivity contribution in [2.75, 3.05) is 6.54 Å². The number of carbonyl (C=O) groups excluding carboxylic acids is 1. The summed E-state index contributed by atoms with van der Waals surface area (Å²) in [6, 6.07) is 1.69. The topological polar surface area (TPSA) is 75.6 Å². The lowest BCUT2D eigenvalue weighted by atomic mass is 10.2. The third kappa shape index (κ3) is 3.46. The van der Waals surface area contributed by atoms with Crippen LogP contribution in [0.3, 0.4) is 0 Å². The lowest BCUT2D eigenvalue weighted by molar-refractivity contribution is -0.124. The number of rotatable bonds is 6. The van der Waals surface area contributed by atoms with Crippen LogP contribution >= 0.6 is 0 Å². The van der Waals surface area contributed by atoms with Crippen LogP contribution in [0.15, 0.2) is 18.5 Å². The first-order chi connectivity index (χ1) is 9.58. The summed E-state index contributed by atoms with van der Waals surface area (Å²) in [7, 11) is 0. The van der Waals surface area contributed by atoms with Gasteiger partial charge in [-0.2, -0.15) is 5.10 Å². The van der Waals surface area contributed by atoms with Gasteiger partial charge < -0.3 is 10.3 Å². The quantitative estimate of drug-likeness (QED) is 0.785. The summed E-state index contributed by atoms with van der Waals surface area (Å²) in [6.45, 7) is 6.39. The standard InChI is InChI=1S/C14H21N5O/c1-10-9-11(2)19(18-10)12(3)14(20)17-6-4-5-13-15-7-8-16-13/h7-9,12H,4-6H2,1-3H3,(H,15,16)(H,17,20)/t12-/m1/s1. The number of amides is 1. The van der Waals surface area contributed by atoms with Crippen LogP contribution in [0.1, 0.15) is 36.6 Å². The van der Waals surface area contributed by atoms with Gasteiger partial charge in [0.1, 0.15) is 11.9 Å². The van der Waals surface area contributed by atoms with Gasteiger partial charge in [0.15, 0.2) is 0 Å². The minimum Gasteiger partial charge on any atom is -0.354 e. The molecule has 2 aromatic rings. The lowest BCUT2D eigenvalue weighted by Gasteiger charge is -2.14. The molecule has 0 bridgehead atoms. The van der Waals surface area contributed by atoms with Crippen molar-refractivity contribution >= 4 is 5.91 Å². The molecule has 0 fully saturated rings. The van der Waals surface area contributed by atoms with E-state index in [-0.39, 0.29) is 11.9 Å². The molecule has 0 aromatic carbocycles. The fraction of sp³-hybridized carbons (Fsp3) is 0.500. The summed E-state index contributed by atoms with van der Waals surface area (Å²) in [6.07, 6.45) is 5.24. The highest BCUT2D eigenvalue weighted by Gasteiger charge is 2.17. The maximum absolute atomic E-state index is 12.1. The van der Waals surface area contributed by atoms with E-state index in [9.17, 15) is 4.79 Å². The number of aryl methyl sites for hydroxylation is 3. The second-order valence-corrected chi connectivity index (χ2v) is 4.98. The van der Waals surface area contributed by atoms with Crippen LogP contribution in [-0.4, -0.2) is 32.2 Å². The van der Waals surface area contributed by atoms with E-state index in [2.05, 4.69) is 20.4 Å². The Morgan fingerprint density at radius 1 is 1.50 bits per heavy atom. The van der Waals surface area contributed by atoms with Crippen LogP contribution in [0.2, 0.25) is 0 Å². The Bertz CT molecular complexity index is 558. The monoisotopic (exact) mass is 275 g/mol. The molecule has 1 amide bonds. The fourth-order valence-electron chi connectivity index (χ4n) is 2.20. The summed E-state index contributed by atoms with van der Waals surface area (Å²) < 4.78 is 1.76. The lowest BCUT2D eigenvalue weighted by Crippen LogP contribution is -2.32. The van der Waals surface area contributed by atoms with Crippen LogP contribution in [0.25, 0.3) is 0 Å². The Hall–Kier alpha value is -2.11. The van der Waals surface area contributed by atoms with Crippen molar-refractivity contribution < 1.29 is 4.79 Å². The van der Waals surface area contributed by atoms with E-state index in [1.54, 1.807) is 17.1 Å². The number of hydrogen-bond acceptors (Lipinski definition) is 3. The van der Waals surface area contributed by atoms with Gasteiger partial charge in [0.05, 0.1) is 5.69 Å². The SMILES string of the molecule is Cc1cc(C)n([C@H](C)C(=O)NCCCc2ncc[nH]2)n1. The largest absolute Gasteiger partial charge is 0.354 e. The van der Waals surface area contributed by atoms with Crippen LogP contribution in [0, 0.1) is 13.8 Å². The Labute approximate surface area is 118 Å². The Balaban J connectivity index is 1.78. The van der Waals surface area contributed by atoms with E-state index in [0.29, 0.717) is 6.54 Å². The predicted molar refractivity (Wildman–Crippen MR) is 76.3 cm³/mol. The van der Waals surface area contributed by atoms with Crippen molar-refractivity contribution in [2.45, 2.75) is 39.7 Å². The number of H-pyrrole nitrogens is 1. The zero-order chi connectivity index (χ0) is 14.5. The van der Waals surface area contributed by atoms with E-state index < -0.39 is 0 Å². The van der Waals surface area contributed by atoms with Crippen molar-refractivity contribution in [3.05, 3.63) is 35.7 Å². The molecule has 0 aliphatic carbocycles. The molecular weight excluding hydrogens is 254 g/mol. The average molecular weight is 275 g/mol. The molecule has 20 heavy (non-hydrogen) atoms. The zero-order valence-corrected chi connectivity index (χ0v) is 12.2. The Morgan fingerprint density at radius 2 is 2.30 bits per heavy atom. The summed E-state index contributed by atoms with van der Waals surface area (Å²) in [5.74, 6) is 0.946. The molecular formula is C14H21N5O. The number of aromatic nitrogens is 4. The van der Waals surface area contributed by atoms with Crippen LogP contribution in [0.5, 0.6) is 0 Å². The molecule has 0 aliphatic rings. The predicted octanol–water partition coefficient (Wildman–Crippen LogP) is 1.53. The second-order valence-electron chi connectivity index (χ2n) is 4.98. The zero-order valence-electron chi connectivity index (χ0n) is 12.2. The first kappa shape index (κ1) is 14.3. The van der Waals surface area contributed by atoms with Crippen LogP contribution in [0.4, 0.5) is 0 Å². The molecule has 0 radical (unpaired) electrons. The number of hydrogen-bond donors (Lipinski definition) is 2. The van der Waals surface area contributed by atoms with E-state index in [1.807, 2.05) is 26.8 Å². The molecule has 2 N–H and O–H groups in total.